The van der Waals surface area contributed by atoms with Gasteiger partial charge in [0.25, 0.3) is 0 Å². The number of aromatic carboxylic acids is 1. The second kappa shape index (κ2) is 5.21. The normalized spacial score (nSPS) is 11.5. The first-order valence-electron chi connectivity index (χ1n) is 5.97. The number of nitrogens with zero attached hydrogens (tertiary/aromatic N) is 2. The Morgan fingerprint density at radius 1 is 1.33 bits per heavy atom. The number of imidazole rings is 1. The van der Waals surface area contributed by atoms with Crippen LogP contribution in [-0.2, 0) is 23.3 Å². The molecule has 2 rings (SSSR count). The standard InChI is InChI=1S/C13H14N2O5S/c1-15-9(7-8-5-3-4-6-10(8)16)11(12(17)18)14-13(15)21(2,19)20/h3-6,16H,7H2,1-2H3,(H,17,18). The van der Waals surface area contributed by atoms with Gasteiger partial charge in [0.1, 0.15) is 5.75 Å². The SMILES string of the molecule is Cn1c(S(C)(=O)=O)nc(C(=O)O)c1Cc1ccccc1O. The number of hydrogen-bond donors (Lipinski definition) is 2. The highest BCUT2D eigenvalue weighted by atomic mass is 32.2. The molecule has 0 radical (unpaired) electrons. The van der Waals surface area contributed by atoms with Gasteiger partial charge < -0.3 is 14.8 Å². The Hall–Kier alpha value is -2.35. The fourth-order valence-electron chi connectivity index (χ4n) is 2.06. The summed E-state index contributed by atoms with van der Waals surface area (Å²) in [6.45, 7) is 0. The predicted octanol–water partition coefficient (Wildman–Crippen LogP) is 0.818. The van der Waals surface area contributed by atoms with E-state index in [-0.39, 0.29) is 28.7 Å². The Morgan fingerprint density at radius 2 is 1.95 bits per heavy atom. The van der Waals surface area contributed by atoms with Crippen LogP contribution >= 0.6 is 0 Å². The second-order valence-corrected chi connectivity index (χ2v) is 6.54. The van der Waals surface area contributed by atoms with E-state index in [1.165, 1.54) is 17.7 Å². The quantitative estimate of drug-likeness (QED) is 0.865. The minimum atomic E-state index is -3.65. The molecule has 1 aromatic heterocycles. The lowest BCUT2D eigenvalue weighted by Crippen LogP contribution is -2.08. The summed E-state index contributed by atoms with van der Waals surface area (Å²) in [7, 11) is -2.21. The zero-order valence-corrected chi connectivity index (χ0v) is 12.3. The van der Waals surface area contributed by atoms with E-state index in [0.29, 0.717) is 5.56 Å². The molecule has 21 heavy (non-hydrogen) atoms. The predicted molar refractivity (Wildman–Crippen MR) is 74.2 cm³/mol. The summed E-state index contributed by atoms with van der Waals surface area (Å²) in [6, 6.07) is 6.45. The lowest BCUT2D eigenvalue weighted by Gasteiger charge is -2.07. The first-order chi connectivity index (χ1) is 9.71. The lowest BCUT2D eigenvalue weighted by atomic mass is 10.1. The number of aromatic nitrogens is 2. The summed E-state index contributed by atoms with van der Waals surface area (Å²) < 4.78 is 24.5. The molecule has 1 heterocycles. The molecule has 0 aliphatic rings. The zero-order chi connectivity index (χ0) is 15.8. The molecule has 0 bridgehead atoms. The molecule has 0 fully saturated rings. The molecular formula is C13H14N2O5S. The van der Waals surface area contributed by atoms with Gasteiger partial charge >= 0.3 is 5.97 Å². The summed E-state index contributed by atoms with van der Waals surface area (Å²) in [5.74, 6) is -1.30. The van der Waals surface area contributed by atoms with Crippen LogP contribution in [0.25, 0.3) is 0 Å². The first-order valence-corrected chi connectivity index (χ1v) is 7.86. The number of rotatable bonds is 4. The van der Waals surface area contributed by atoms with E-state index < -0.39 is 15.8 Å². The zero-order valence-electron chi connectivity index (χ0n) is 11.4. The highest BCUT2D eigenvalue weighted by Crippen LogP contribution is 2.23. The molecule has 2 aromatic rings. The minimum absolute atomic E-state index is 0.0101. The highest BCUT2D eigenvalue weighted by molar-refractivity contribution is 7.90. The third kappa shape index (κ3) is 2.89. The molecule has 0 aliphatic heterocycles. The Bertz CT molecular complexity index is 808. The molecule has 0 amide bonds. The van der Waals surface area contributed by atoms with Crippen LogP contribution in [0.4, 0.5) is 0 Å². The Morgan fingerprint density at radius 3 is 2.48 bits per heavy atom. The summed E-state index contributed by atoms with van der Waals surface area (Å²) >= 11 is 0. The van der Waals surface area contributed by atoms with E-state index in [9.17, 15) is 23.4 Å². The Balaban J connectivity index is 2.60. The molecular weight excluding hydrogens is 296 g/mol. The number of sulfone groups is 1. The third-order valence-electron chi connectivity index (χ3n) is 3.06. The molecule has 0 spiro atoms. The van der Waals surface area contributed by atoms with Crippen molar-refractivity contribution in [2.24, 2.45) is 7.05 Å². The summed E-state index contributed by atoms with van der Waals surface area (Å²) in [6.07, 6.45) is 1.03. The van der Waals surface area contributed by atoms with Crippen LogP contribution in [0.5, 0.6) is 5.75 Å². The van der Waals surface area contributed by atoms with E-state index >= 15 is 0 Å². The van der Waals surface area contributed by atoms with Gasteiger partial charge in [0.2, 0.25) is 15.0 Å². The number of para-hydroxylation sites is 1. The van der Waals surface area contributed by atoms with Crippen molar-refractivity contribution in [3.63, 3.8) is 0 Å². The third-order valence-corrected chi connectivity index (χ3v) is 4.08. The number of carbonyl (C=O) groups is 1. The topological polar surface area (TPSA) is 109 Å². The molecule has 8 heteroatoms. The number of phenolic OH excluding ortho intramolecular Hbond substituents is 1. The summed E-state index contributed by atoms with van der Waals surface area (Å²) in [5.41, 5.74) is 0.369. The molecule has 0 atom stereocenters. The van der Waals surface area contributed by atoms with E-state index in [0.717, 1.165) is 6.26 Å². The molecule has 7 nitrogen and oxygen atoms in total. The van der Waals surface area contributed by atoms with Crippen LogP contribution in [0.15, 0.2) is 29.4 Å². The van der Waals surface area contributed by atoms with Crippen molar-refractivity contribution in [2.45, 2.75) is 11.6 Å². The van der Waals surface area contributed by atoms with Crippen LogP contribution in [-0.4, -0.2) is 40.4 Å². The Kier molecular flexibility index (Phi) is 3.73. The van der Waals surface area contributed by atoms with E-state index in [1.54, 1.807) is 18.2 Å². The minimum Gasteiger partial charge on any atom is -0.508 e. The van der Waals surface area contributed by atoms with Crippen LogP contribution < -0.4 is 0 Å². The molecule has 0 aliphatic carbocycles. The van der Waals surface area contributed by atoms with Gasteiger partial charge in [-0.25, -0.2) is 18.2 Å². The number of hydrogen-bond acceptors (Lipinski definition) is 5. The highest BCUT2D eigenvalue weighted by Gasteiger charge is 2.25. The van der Waals surface area contributed by atoms with Crippen molar-refractivity contribution in [3.8, 4) is 5.75 Å². The average Bonchev–Trinajstić information content (AvgIpc) is 2.70. The summed E-state index contributed by atoms with van der Waals surface area (Å²) in [4.78, 5) is 15.0. The molecule has 2 N–H and O–H groups in total. The van der Waals surface area contributed by atoms with E-state index in [4.69, 9.17) is 0 Å². The van der Waals surface area contributed by atoms with Gasteiger partial charge in [-0.05, 0) is 11.6 Å². The smallest absolute Gasteiger partial charge is 0.356 e. The molecule has 1 aromatic carbocycles. The maximum absolute atomic E-state index is 11.6. The van der Waals surface area contributed by atoms with Gasteiger partial charge in [0.05, 0.1) is 5.69 Å². The molecule has 112 valence electrons. The number of phenols is 1. The fourth-order valence-corrected chi connectivity index (χ4v) is 2.92. The van der Waals surface area contributed by atoms with Crippen LogP contribution in [0, 0.1) is 0 Å². The first kappa shape index (κ1) is 15.0. The van der Waals surface area contributed by atoms with Gasteiger partial charge in [0, 0.05) is 19.7 Å². The number of carboxylic acids is 1. The average molecular weight is 310 g/mol. The van der Waals surface area contributed by atoms with Gasteiger partial charge in [-0.15, -0.1) is 0 Å². The van der Waals surface area contributed by atoms with Crippen molar-refractivity contribution in [2.75, 3.05) is 6.26 Å². The van der Waals surface area contributed by atoms with Crippen LogP contribution in [0.2, 0.25) is 0 Å². The van der Waals surface area contributed by atoms with Crippen LogP contribution in [0.3, 0.4) is 0 Å². The fraction of sp³-hybridized carbons (Fsp3) is 0.231. The van der Waals surface area contributed by atoms with Crippen molar-refractivity contribution < 1.29 is 23.4 Å². The van der Waals surface area contributed by atoms with Crippen molar-refractivity contribution in [1.29, 1.82) is 0 Å². The maximum atomic E-state index is 11.6. The number of aromatic hydroxyl groups is 1. The van der Waals surface area contributed by atoms with Gasteiger partial charge in [-0.1, -0.05) is 18.2 Å². The largest absolute Gasteiger partial charge is 0.508 e. The lowest BCUT2D eigenvalue weighted by molar-refractivity contribution is 0.0689. The monoisotopic (exact) mass is 310 g/mol. The molecule has 0 unspecified atom stereocenters. The molecule has 0 saturated heterocycles. The van der Waals surface area contributed by atoms with Crippen molar-refractivity contribution in [3.05, 3.63) is 41.2 Å². The van der Waals surface area contributed by atoms with Crippen molar-refractivity contribution in [1.82, 2.24) is 9.55 Å². The summed E-state index contributed by atoms with van der Waals surface area (Å²) in [5, 5.41) is 18.6. The van der Waals surface area contributed by atoms with Crippen LogP contribution in [0.1, 0.15) is 21.7 Å². The molecule has 0 saturated carbocycles. The second-order valence-electron chi connectivity index (χ2n) is 4.63. The Labute approximate surface area is 121 Å². The maximum Gasteiger partial charge on any atom is 0.356 e. The van der Waals surface area contributed by atoms with Crippen molar-refractivity contribution >= 4 is 15.8 Å². The van der Waals surface area contributed by atoms with Gasteiger partial charge in [-0.3, -0.25) is 0 Å². The van der Waals surface area contributed by atoms with E-state index in [2.05, 4.69) is 4.98 Å². The van der Waals surface area contributed by atoms with E-state index in [1.807, 2.05) is 0 Å². The van der Waals surface area contributed by atoms with Gasteiger partial charge in [-0.2, -0.15) is 0 Å². The van der Waals surface area contributed by atoms with Gasteiger partial charge in [0.15, 0.2) is 5.69 Å². The number of carboxylic acid groups (broad SMARTS) is 1. The number of benzene rings is 1.